The molecule has 3 heteroatoms. The van der Waals surface area contributed by atoms with Crippen LogP contribution in [0.15, 0.2) is 24.3 Å². The van der Waals surface area contributed by atoms with Crippen molar-refractivity contribution in [2.24, 2.45) is 5.92 Å². The lowest BCUT2D eigenvalue weighted by Crippen LogP contribution is -2.46. The second kappa shape index (κ2) is 5.78. The molecular weight excluding hydrogens is 252 g/mol. The molecule has 1 aliphatic rings. The average Bonchev–Trinajstić information content (AvgIpc) is 2.38. The van der Waals surface area contributed by atoms with Gasteiger partial charge in [0.15, 0.2) is 5.78 Å². The molecule has 0 aliphatic carbocycles. The Hall–Kier alpha value is -1.64. The minimum Gasteiger partial charge on any atom is -0.486 e. The molecule has 1 aromatic rings. The fraction of sp³-hybridized carbons (Fsp3) is 0.529. The van der Waals surface area contributed by atoms with Gasteiger partial charge in [-0.3, -0.25) is 9.59 Å². The smallest absolute Gasteiger partial charge is 0.173 e. The van der Waals surface area contributed by atoms with E-state index < -0.39 is 5.60 Å². The molecule has 3 nitrogen and oxygen atoms in total. The second-order valence-electron chi connectivity index (χ2n) is 5.95. The Balaban J connectivity index is 2.16. The van der Waals surface area contributed by atoms with Crippen molar-refractivity contribution in [1.29, 1.82) is 0 Å². The maximum absolute atomic E-state index is 12.6. The number of ketones is 2. The van der Waals surface area contributed by atoms with Crippen molar-refractivity contribution in [2.45, 2.75) is 52.1 Å². The SMILES string of the molecule is CCCC(=O)CCC1C(=O)c2ccccc2OC1(C)C. The standard InChI is InChI=1S/C17H22O3/c1-4-7-12(18)10-11-14-16(19)13-8-5-6-9-15(13)20-17(14,2)3/h5-6,8-9,14H,4,7,10-11H2,1-3H3. The van der Waals surface area contributed by atoms with Gasteiger partial charge in [0, 0.05) is 12.8 Å². The molecule has 1 atom stereocenters. The van der Waals surface area contributed by atoms with E-state index in [1.165, 1.54) is 0 Å². The van der Waals surface area contributed by atoms with Crippen LogP contribution in [0, 0.1) is 5.92 Å². The van der Waals surface area contributed by atoms with E-state index in [0.717, 1.165) is 6.42 Å². The van der Waals surface area contributed by atoms with Crippen molar-refractivity contribution < 1.29 is 14.3 Å². The Kier molecular flexibility index (Phi) is 4.26. The van der Waals surface area contributed by atoms with E-state index in [2.05, 4.69) is 0 Å². The number of para-hydroxylation sites is 1. The number of fused-ring (bicyclic) bond motifs is 1. The van der Waals surface area contributed by atoms with Crippen molar-refractivity contribution in [1.82, 2.24) is 0 Å². The van der Waals surface area contributed by atoms with Gasteiger partial charge < -0.3 is 4.74 Å². The predicted octanol–water partition coefficient (Wildman–Crippen LogP) is 3.81. The third-order valence-corrected chi connectivity index (χ3v) is 3.92. The summed E-state index contributed by atoms with van der Waals surface area (Å²) < 4.78 is 5.96. The van der Waals surface area contributed by atoms with Gasteiger partial charge in [-0.05, 0) is 38.8 Å². The van der Waals surface area contributed by atoms with E-state index in [0.29, 0.717) is 30.6 Å². The Morgan fingerprint density at radius 2 is 1.95 bits per heavy atom. The fourth-order valence-electron chi connectivity index (χ4n) is 2.81. The molecule has 0 bridgehead atoms. The van der Waals surface area contributed by atoms with Crippen LogP contribution in [-0.2, 0) is 4.79 Å². The number of Topliss-reactive ketones (excluding diaryl/α,β-unsaturated/α-hetero) is 2. The Morgan fingerprint density at radius 3 is 2.65 bits per heavy atom. The van der Waals surface area contributed by atoms with Crippen LogP contribution >= 0.6 is 0 Å². The number of carbonyl (C=O) groups excluding carboxylic acids is 2. The monoisotopic (exact) mass is 274 g/mol. The maximum atomic E-state index is 12.6. The summed E-state index contributed by atoms with van der Waals surface area (Å²) in [5.74, 6) is 0.730. The van der Waals surface area contributed by atoms with Crippen LogP contribution in [0.1, 0.15) is 56.8 Å². The number of carbonyl (C=O) groups is 2. The van der Waals surface area contributed by atoms with Gasteiger partial charge in [-0.1, -0.05) is 19.1 Å². The summed E-state index contributed by atoms with van der Waals surface area (Å²) in [6.45, 7) is 5.85. The van der Waals surface area contributed by atoms with Crippen LogP contribution in [0.3, 0.4) is 0 Å². The maximum Gasteiger partial charge on any atom is 0.173 e. The van der Waals surface area contributed by atoms with Crippen LogP contribution in [-0.4, -0.2) is 17.2 Å². The van der Waals surface area contributed by atoms with Gasteiger partial charge in [0.05, 0.1) is 11.5 Å². The molecule has 0 amide bonds. The zero-order valence-electron chi connectivity index (χ0n) is 12.4. The van der Waals surface area contributed by atoms with Crippen molar-refractivity contribution in [2.75, 3.05) is 0 Å². The zero-order chi connectivity index (χ0) is 14.8. The number of ether oxygens (including phenoxy) is 1. The molecule has 0 saturated heterocycles. The highest BCUT2D eigenvalue weighted by Gasteiger charge is 2.42. The first-order valence-corrected chi connectivity index (χ1v) is 7.29. The molecule has 0 spiro atoms. The van der Waals surface area contributed by atoms with Gasteiger partial charge in [0.2, 0.25) is 0 Å². The number of hydrogen-bond donors (Lipinski definition) is 0. The molecule has 2 rings (SSSR count). The lowest BCUT2D eigenvalue weighted by Gasteiger charge is -2.38. The summed E-state index contributed by atoms with van der Waals surface area (Å²) in [5, 5.41) is 0. The highest BCUT2D eigenvalue weighted by Crippen LogP contribution is 2.38. The van der Waals surface area contributed by atoms with Crippen LogP contribution in [0.25, 0.3) is 0 Å². The van der Waals surface area contributed by atoms with Gasteiger partial charge in [0.25, 0.3) is 0 Å². The molecule has 0 saturated carbocycles. The molecule has 0 fully saturated rings. The van der Waals surface area contributed by atoms with E-state index in [1.54, 1.807) is 6.07 Å². The highest BCUT2D eigenvalue weighted by molar-refractivity contribution is 6.02. The molecule has 20 heavy (non-hydrogen) atoms. The van der Waals surface area contributed by atoms with Gasteiger partial charge in [0.1, 0.15) is 17.1 Å². The third kappa shape index (κ3) is 2.92. The predicted molar refractivity (Wildman–Crippen MR) is 78.1 cm³/mol. The fourth-order valence-corrected chi connectivity index (χ4v) is 2.81. The topological polar surface area (TPSA) is 43.4 Å². The summed E-state index contributed by atoms with van der Waals surface area (Å²) in [7, 11) is 0. The summed E-state index contributed by atoms with van der Waals surface area (Å²) in [4.78, 5) is 24.3. The Bertz CT molecular complexity index is 517. The van der Waals surface area contributed by atoms with Gasteiger partial charge in [-0.15, -0.1) is 0 Å². The van der Waals surface area contributed by atoms with E-state index >= 15 is 0 Å². The Morgan fingerprint density at radius 1 is 1.25 bits per heavy atom. The van der Waals surface area contributed by atoms with E-state index in [9.17, 15) is 9.59 Å². The van der Waals surface area contributed by atoms with Gasteiger partial charge in [-0.25, -0.2) is 0 Å². The highest BCUT2D eigenvalue weighted by atomic mass is 16.5. The van der Waals surface area contributed by atoms with Crippen molar-refractivity contribution >= 4 is 11.6 Å². The summed E-state index contributed by atoms with van der Waals surface area (Å²) >= 11 is 0. The normalized spacial score (nSPS) is 20.1. The lowest BCUT2D eigenvalue weighted by molar-refractivity contribution is -0.119. The third-order valence-electron chi connectivity index (χ3n) is 3.92. The van der Waals surface area contributed by atoms with E-state index in [4.69, 9.17) is 4.74 Å². The zero-order valence-corrected chi connectivity index (χ0v) is 12.4. The van der Waals surface area contributed by atoms with Crippen LogP contribution in [0.5, 0.6) is 5.75 Å². The quantitative estimate of drug-likeness (QED) is 0.820. The Labute approximate surface area is 120 Å². The van der Waals surface area contributed by atoms with Gasteiger partial charge >= 0.3 is 0 Å². The molecule has 0 aromatic heterocycles. The summed E-state index contributed by atoms with van der Waals surface area (Å²) in [6.07, 6.45) is 2.48. The molecule has 1 aromatic carbocycles. The first kappa shape index (κ1) is 14.8. The molecular formula is C17H22O3. The van der Waals surface area contributed by atoms with E-state index in [1.807, 2.05) is 39.0 Å². The minimum absolute atomic E-state index is 0.0983. The lowest BCUT2D eigenvalue weighted by atomic mass is 9.78. The second-order valence-corrected chi connectivity index (χ2v) is 5.95. The molecule has 1 unspecified atom stereocenters. The average molecular weight is 274 g/mol. The van der Waals surface area contributed by atoms with E-state index in [-0.39, 0.29) is 17.5 Å². The van der Waals surface area contributed by atoms with Crippen LogP contribution in [0.4, 0.5) is 0 Å². The molecule has 0 radical (unpaired) electrons. The van der Waals surface area contributed by atoms with Crippen LogP contribution < -0.4 is 4.74 Å². The number of benzene rings is 1. The molecule has 1 heterocycles. The summed E-state index contributed by atoms with van der Waals surface area (Å²) in [6, 6.07) is 7.34. The number of rotatable bonds is 5. The molecule has 0 N–H and O–H groups in total. The first-order valence-electron chi connectivity index (χ1n) is 7.29. The van der Waals surface area contributed by atoms with Crippen LogP contribution in [0.2, 0.25) is 0 Å². The van der Waals surface area contributed by atoms with Gasteiger partial charge in [-0.2, -0.15) is 0 Å². The molecule has 1 aliphatic heterocycles. The van der Waals surface area contributed by atoms with Crippen molar-refractivity contribution in [3.8, 4) is 5.75 Å². The first-order chi connectivity index (χ1) is 9.45. The van der Waals surface area contributed by atoms with Crippen molar-refractivity contribution in [3.63, 3.8) is 0 Å². The summed E-state index contributed by atoms with van der Waals surface area (Å²) in [5.41, 5.74) is 0.0811. The largest absolute Gasteiger partial charge is 0.486 e. The minimum atomic E-state index is -0.558. The number of hydrogen-bond acceptors (Lipinski definition) is 3. The molecule has 108 valence electrons. The van der Waals surface area contributed by atoms with Crippen molar-refractivity contribution in [3.05, 3.63) is 29.8 Å².